The van der Waals surface area contributed by atoms with Gasteiger partial charge in [0.25, 0.3) is 0 Å². The van der Waals surface area contributed by atoms with Crippen molar-refractivity contribution in [1.29, 1.82) is 0 Å². The highest BCUT2D eigenvalue weighted by Gasteiger charge is 2.23. The fourth-order valence-corrected chi connectivity index (χ4v) is 3.70. The van der Waals surface area contributed by atoms with Crippen LogP contribution in [-0.2, 0) is 0 Å². The van der Waals surface area contributed by atoms with Gasteiger partial charge in [-0.2, -0.15) is 0 Å². The molecule has 8 nitrogen and oxygen atoms in total. The summed E-state index contributed by atoms with van der Waals surface area (Å²) in [7, 11) is 0. The molecule has 1 unspecified atom stereocenters. The second-order valence-electron chi connectivity index (χ2n) is 6.97. The number of likely N-dealkylation sites (N-methyl/N-ethyl adjacent to an activating group) is 1. The SMILES string of the molecule is CCNC(=NCC(c1ccco1)N(CC)CC)N1CCN(c2ncccn2)CC1. The van der Waals surface area contributed by atoms with E-state index >= 15 is 0 Å². The van der Waals surface area contributed by atoms with Gasteiger partial charge in [0.1, 0.15) is 5.76 Å². The average Bonchev–Trinajstić information content (AvgIpc) is 3.31. The van der Waals surface area contributed by atoms with E-state index in [4.69, 9.17) is 9.41 Å². The van der Waals surface area contributed by atoms with Gasteiger partial charge in [-0.25, -0.2) is 9.97 Å². The minimum Gasteiger partial charge on any atom is -0.468 e. The Morgan fingerprint density at radius 2 is 1.86 bits per heavy atom. The summed E-state index contributed by atoms with van der Waals surface area (Å²) in [6.45, 7) is 13.4. The van der Waals surface area contributed by atoms with E-state index in [1.807, 2.05) is 18.2 Å². The zero-order chi connectivity index (χ0) is 20.5. The fourth-order valence-electron chi connectivity index (χ4n) is 3.70. The molecule has 0 bridgehead atoms. The van der Waals surface area contributed by atoms with E-state index in [0.717, 1.165) is 63.5 Å². The smallest absolute Gasteiger partial charge is 0.225 e. The third kappa shape index (κ3) is 5.47. The summed E-state index contributed by atoms with van der Waals surface area (Å²) < 4.78 is 5.72. The van der Waals surface area contributed by atoms with Gasteiger partial charge in [-0.1, -0.05) is 13.8 Å². The van der Waals surface area contributed by atoms with Gasteiger partial charge in [0.05, 0.1) is 18.8 Å². The van der Waals surface area contributed by atoms with Gasteiger partial charge in [0.15, 0.2) is 5.96 Å². The molecule has 2 aromatic heterocycles. The maximum Gasteiger partial charge on any atom is 0.225 e. The van der Waals surface area contributed by atoms with Crippen molar-refractivity contribution in [3.8, 4) is 0 Å². The summed E-state index contributed by atoms with van der Waals surface area (Å²) >= 11 is 0. The van der Waals surface area contributed by atoms with Crippen molar-refractivity contribution < 1.29 is 4.42 Å². The van der Waals surface area contributed by atoms with E-state index in [9.17, 15) is 0 Å². The van der Waals surface area contributed by atoms with Gasteiger partial charge in [-0.3, -0.25) is 9.89 Å². The van der Waals surface area contributed by atoms with Crippen molar-refractivity contribution in [2.75, 3.05) is 57.3 Å². The van der Waals surface area contributed by atoms with E-state index in [-0.39, 0.29) is 6.04 Å². The van der Waals surface area contributed by atoms with E-state index in [1.165, 1.54) is 0 Å². The maximum absolute atomic E-state index is 5.72. The first-order valence-corrected chi connectivity index (χ1v) is 10.6. The second-order valence-corrected chi connectivity index (χ2v) is 6.97. The van der Waals surface area contributed by atoms with Crippen LogP contribution >= 0.6 is 0 Å². The lowest BCUT2D eigenvalue weighted by Gasteiger charge is -2.36. The fraction of sp³-hybridized carbons (Fsp3) is 0.571. The lowest BCUT2D eigenvalue weighted by atomic mass is 10.2. The van der Waals surface area contributed by atoms with Crippen LogP contribution < -0.4 is 10.2 Å². The molecule has 3 heterocycles. The minimum atomic E-state index is 0.146. The van der Waals surface area contributed by atoms with Gasteiger partial charge in [0, 0.05) is 45.1 Å². The predicted octanol–water partition coefficient (Wildman–Crippen LogP) is 2.24. The van der Waals surface area contributed by atoms with Crippen LogP contribution in [0.4, 0.5) is 5.95 Å². The Bertz CT molecular complexity index is 723. The molecule has 1 N–H and O–H groups in total. The Kier molecular flexibility index (Phi) is 7.86. The monoisotopic (exact) mass is 399 g/mol. The molecule has 158 valence electrons. The molecule has 1 atom stereocenters. The summed E-state index contributed by atoms with van der Waals surface area (Å²) in [5.41, 5.74) is 0. The third-order valence-corrected chi connectivity index (χ3v) is 5.29. The Morgan fingerprint density at radius 1 is 1.14 bits per heavy atom. The molecular weight excluding hydrogens is 366 g/mol. The van der Waals surface area contributed by atoms with Gasteiger partial charge >= 0.3 is 0 Å². The van der Waals surface area contributed by atoms with Crippen molar-refractivity contribution in [2.24, 2.45) is 4.99 Å². The summed E-state index contributed by atoms with van der Waals surface area (Å²) in [5.74, 6) is 2.73. The molecule has 3 rings (SSSR count). The van der Waals surface area contributed by atoms with E-state index in [1.54, 1.807) is 18.7 Å². The van der Waals surface area contributed by atoms with Crippen molar-refractivity contribution in [2.45, 2.75) is 26.8 Å². The highest BCUT2D eigenvalue weighted by atomic mass is 16.3. The molecule has 2 aromatic rings. The number of anilines is 1. The first-order valence-electron chi connectivity index (χ1n) is 10.6. The molecule has 0 saturated carbocycles. The van der Waals surface area contributed by atoms with Crippen LogP contribution in [0, 0.1) is 0 Å². The van der Waals surface area contributed by atoms with Gasteiger partial charge < -0.3 is 19.5 Å². The van der Waals surface area contributed by atoms with Crippen molar-refractivity contribution in [3.05, 3.63) is 42.6 Å². The van der Waals surface area contributed by atoms with Crippen LogP contribution in [0.25, 0.3) is 0 Å². The number of nitrogens with zero attached hydrogens (tertiary/aromatic N) is 6. The van der Waals surface area contributed by atoms with Crippen LogP contribution in [0.1, 0.15) is 32.6 Å². The molecule has 29 heavy (non-hydrogen) atoms. The topological polar surface area (TPSA) is 73.0 Å². The second kappa shape index (κ2) is 10.8. The number of guanidine groups is 1. The van der Waals surface area contributed by atoms with E-state index < -0.39 is 0 Å². The molecule has 1 fully saturated rings. The number of aliphatic imine (C=N–C) groups is 1. The first kappa shape index (κ1) is 21.1. The number of nitrogens with one attached hydrogen (secondary N) is 1. The quantitative estimate of drug-likeness (QED) is 0.539. The number of furan rings is 1. The summed E-state index contributed by atoms with van der Waals surface area (Å²) in [6.07, 6.45) is 5.33. The number of hydrogen-bond acceptors (Lipinski definition) is 6. The highest BCUT2D eigenvalue weighted by molar-refractivity contribution is 5.80. The van der Waals surface area contributed by atoms with Gasteiger partial charge in [0.2, 0.25) is 5.95 Å². The lowest BCUT2D eigenvalue weighted by molar-refractivity contribution is 0.197. The zero-order valence-electron chi connectivity index (χ0n) is 17.8. The molecule has 0 aromatic carbocycles. The molecule has 1 saturated heterocycles. The zero-order valence-corrected chi connectivity index (χ0v) is 17.8. The Balaban J connectivity index is 1.67. The molecule has 1 aliphatic rings. The standard InChI is InChI=1S/C21H33N7O/c1-4-22-20(25-17-18(26(5-2)6-3)19-9-7-16-29-19)27-12-14-28(15-13-27)21-23-10-8-11-24-21/h7-11,16,18H,4-6,12-15,17H2,1-3H3,(H,22,25). The highest BCUT2D eigenvalue weighted by Crippen LogP contribution is 2.21. The predicted molar refractivity (Wildman–Crippen MR) is 116 cm³/mol. The van der Waals surface area contributed by atoms with Crippen molar-refractivity contribution in [1.82, 2.24) is 25.1 Å². The number of aromatic nitrogens is 2. The van der Waals surface area contributed by atoms with Crippen LogP contribution in [-0.4, -0.2) is 78.1 Å². The van der Waals surface area contributed by atoms with Crippen LogP contribution in [0.15, 0.2) is 46.3 Å². The van der Waals surface area contributed by atoms with Gasteiger partial charge in [-0.15, -0.1) is 0 Å². The molecule has 0 radical (unpaired) electrons. The largest absolute Gasteiger partial charge is 0.468 e. The summed E-state index contributed by atoms with van der Waals surface area (Å²) in [4.78, 5) is 20.7. The van der Waals surface area contributed by atoms with E-state index in [2.05, 4.69) is 50.8 Å². The number of hydrogen-bond donors (Lipinski definition) is 1. The van der Waals surface area contributed by atoms with Crippen LogP contribution in [0.2, 0.25) is 0 Å². The molecular formula is C21H33N7O. The normalized spacial score (nSPS) is 16.3. The molecule has 0 aliphatic carbocycles. The Hall–Kier alpha value is -2.61. The maximum atomic E-state index is 5.72. The molecule has 0 spiro atoms. The Morgan fingerprint density at radius 3 is 2.45 bits per heavy atom. The van der Waals surface area contributed by atoms with Crippen molar-refractivity contribution in [3.63, 3.8) is 0 Å². The van der Waals surface area contributed by atoms with Gasteiger partial charge in [-0.05, 0) is 38.2 Å². The van der Waals surface area contributed by atoms with Crippen LogP contribution in [0.5, 0.6) is 0 Å². The summed E-state index contributed by atoms with van der Waals surface area (Å²) in [5, 5.41) is 3.46. The van der Waals surface area contributed by atoms with E-state index in [0.29, 0.717) is 6.54 Å². The summed E-state index contributed by atoms with van der Waals surface area (Å²) in [6, 6.07) is 5.99. The van der Waals surface area contributed by atoms with Crippen LogP contribution in [0.3, 0.4) is 0 Å². The third-order valence-electron chi connectivity index (χ3n) is 5.29. The molecule has 0 amide bonds. The first-order chi connectivity index (χ1) is 14.3. The minimum absolute atomic E-state index is 0.146. The number of rotatable bonds is 8. The Labute approximate surface area is 173 Å². The van der Waals surface area contributed by atoms with Crippen molar-refractivity contribution >= 4 is 11.9 Å². The lowest BCUT2D eigenvalue weighted by Crippen LogP contribution is -2.53. The molecule has 8 heteroatoms. The molecule has 1 aliphatic heterocycles. The number of piperazine rings is 1. The average molecular weight is 400 g/mol.